The molecule has 2 atom stereocenters. The highest BCUT2D eigenvalue weighted by atomic mass is 16.5. The van der Waals surface area contributed by atoms with Crippen LogP contribution in [0, 0.1) is 11.3 Å². The molecule has 130 valence electrons. The van der Waals surface area contributed by atoms with Crippen molar-refractivity contribution in [1.29, 1.82) is 0 Å². The Labute approximate surface area is 141 Å². The molecule has 2 unspecified atom stereocenters. The van der Waals surface area contributed by atoms with Gasteiger partial charge in [-0.1, -0.05) is 45.4 Å². The second-order valence-corrected chi connectivity index (χ2v) is 6.82. The van der Waals surface area contributed by atoms with Crippen LogP contribution in [0.1, 0.15) is 65.4 Å². The van der Waals surface area contributed by atoms with Crippen LogP contribution in [0.4, 0.5) is 0 Å². The van der Waals surface area contributed by atoms with Crippen molar-refractivity contribution in [2.45, 2.75) is 59.8 Å². The lowest BCUT2D eigenvalue weighted by molar-refractivity contribution is -0.157. The van der Waals surface area contributed by atoms with Gasteiger partial charge in [0.2, 0.25) is 0 Å². The standard InChI is InChI=1S/C20H32O3/c1-7-11-17(16-12-9-10-13-18(16)22-6)20(5,14-15(3)4)19(21)23-8-2/h9-10,12-13,15,17H,7-8,11,14H2,1-6H3. The van der Waals surface area contributed by atoms with Crippen LogP contribution in [0.2, 0.25) is 0 Å². The van der Waals surface area contributed by atoms with E-state index in [-0.39, 0.29) is 11.9 Å². The second kappa shape index (κ2) is 8.95. The maximum atomic E-state index is 12.8. The van der Waals surface area contributed by atoms with Crippen molar-refractivity contribution in [2.75, 3.05) is 13.7 Å². The molecule has 0 radical (unpaired) electrons. The molecule has 1 aromatic rings. The first-order valence-corrected chi connectivity index (χ1v) is 8.70. The van der Waals surface area contributed by atoms with E-state index in [9.17, 15) is 4.79 Å². The van der Waals surface area contributed by atoms with Gasteiger partial charge in [-0.3, -0.25) is 4.79 Å². The Balaban J connectivity index is 3.37. The number of methoxy groups -OCH3 is 1. The van der Waals surface area contributed by atoms with Gasteiger partial charge < -0.3 is 9.47 Å². The Morgan fingerprint density at radius 3 is 2.39 bits per heavy atom. The number of rotatable bonds is 9. The van der Waals surface area contributed by atoms with Gasteiger partial charge in [0, 0.05) is 5.92 Å². The van der Waals surface area contributed by atoms with Crippen LogP contribution < -0.4 is 4.74 Å². The smallest absolute Gasteiger partial charge is 0.312 e. The van der Waals surface area contributed by atoms with Crippen molar-refractivity contribution in [2.24, 2.45) is 11.3 Å². The number of benzene rings is 1. The molecular formula is C20H32O3. The van der Waals surface area contributed by atoms with E-state index in [1.165, 1.54) is 0 Å². The van der Waals surface area contributed by atoms with Crippen LogP contribution in [-0.2, 0) is 9.53 Å². The van der Waals surface area contributed by atoms with Crippen LogP contribution in [-0.4, -0.2) is 19.7 Å². The molecule has 0 spiro atoms. The number of hydrogen-bond donors (Lipinski definition) is 0. The summed E-state index contributed by atoms with van der Waals surface area (Å²) in [6.07, 6.45) is 2.74. The summed E-state index contributed by atoms with van der Waals surface area (Å²) in [6, 6.07) is 8.03. The van der Waals surface area contributed by atoms with Gasteiger partial charge in [0.15, 0.2) is 0 Å². The zero-order valence-electron chi connectivity index (χ0n) is 15.5. The van der Waals surface area contributed by atoms with Gasteiger partial charge in [-0.2, -0.15) is 0 Å². The lowest BCUT2D eigenvalue weighted by Gasteiger charge is -2.37. The van der Waals surface area contributed by atoms with Gasteiger partial charge in [-0.25, -0.2) is 0 Å². The van der Waals surface area contributed by atoms with Crippen LogP contribution in [0.25, 0.3) is 0 Å². The van der Waals surface area contributed by atoms with Gasteiger partial charge in [-0.15, -0.1) is 0 Å². The van der Waals surface area contributed by atoms with Crippen molar-refractivity contribution in [3.8, 4) is 5.75 Å². The zero-order chi connectivity index (χ0) is 17.5. The monoisotopic (exact) mass is 320 g/mol. The maximum absolute atomic E-state index is 12.8. The summed E-state index contributed by atoms with van der Waals surface area (Å²) in [5.41, 5.74) is 0.558. The van der Waals surface area contributed by atoms with Gasteiger partial charge in [-0.05, 0) is 44.2 Å². The van der Waals surface area contributed by atoms with Crippen LogP contribution in [0.5, 0.6) is 5.75 Å². The summed E-state index contributed by atoms with van der Waals surface area (Å²) in [5, 5.41) is 0. The van der Waals surface area contributed by atoms with Crippen LogP contribution >= 0.6 is 0 Å². The molecular weight excluding hydrogens is 288 g/mol. The van der Waals surface area contributed by atoms with Gasteiger partial charge in [0.25, 0.3) is 0 Å². The van der Waals surface area contributed by atoms with Crippen LogP contribution in [0.15, 0.2) is 24.3 Å². The quantitative estimate of drug-likeness (QED) is 0.587. The molecule has 0 bridgehead atoms. The van der Waals surface area contributed by atoms with Crippen molar-refractivity contribution in [3.05, 3.63) is 29.8 Å². The molecule has 1 rings (SSSR count). The number of hydrogen-bond acceptors (Lipinski definition) is 3. The molecule has 0 aromatic heterocycles. The fraction of sp³-hybridized carbons (Fsp3) is 0.650. The summed E-state index contributed by atoms with van der Waals surface area (Å²) in [7, 11) is 1.69. The summed E-state index contributed by atoms with van der Waals surface area (Å²) in [5.74, 6) is 1.26. The predicted molar refractivity (Wildman–Crippen MR) is 94.8 cm³/mol. The molecule has 0 N–H and O–H groups in total. The highest BCUT2D eigenvalue weighted by molar-refractivity contribution is 5.78. The number of esters is 1. The predicted octanol–water partition coefficient (Wildman–Crippen LogP) is 5.19. The first-order valence-electron chi connectivity index (χ1n) is 8.70. The Kier molecular flexibility index (Phi) is 7.60. The molecule has 0 amide bonds. The Hall–Kier alpha value is -1.51. The topological polar surface area (TPSA) is 35.5 Å². The van der Waals surface area contributed by atoms with E-state index < -0.39 is 5.41 Å². The van der Waals surface area contributed by atoms with E-state index in [1.54, 1.807) is 7.11 Å². The van der Waals surface area contributed by atoms with E-state index >= 15 is 0 Å². The maximum Gasteiger partial charge on any atom is 0.312 e. The molecule has 0 fully saturated rings. The molecule has 0 aliphatic rings. The molecule has 0 saturated heterocycles. The Morgan fingerprint density at radius 2 is 1.87 bits per heavy atom. The van der Waals surface area contributed by atoms with Gasteiger partial charge in [0.05, 0.1) is 19.1 Å². The Bertz CT molecular complexity index is 495. The lowest BCUT2D eigenvalue weighted by atomic mass is 9.67. The summed E-state index contributed by atoms with van der Waals surface area (Å²) in [4.78, 5) is 12.8. The van der Waals surface area contributed by atoms with Gasteiger partial charge >= 0.3 is 5.97 Å². The van der Waals surface area contributed by atoms with E-state index in [0.717, 1.165) is 30.6 Å². The fourth-order valence-electron chi connectivity index (χ4n) is 3.57. The second-order valence-electron chi connectivity index (χ2n) is 6.82. The molecule has 0 aliphatic carbocycles. The molecule has 0 aliphatic heterocycles. The van der Waals surface area contributed by atoms with Crippen molar-refractivity contribution >= 4 is 5.97 Å². The lowest BCUT2D eigenvalue weighted by Crippen LogP contribution is -2.37. The van der Waals surface area contributed by atoms with Crippen molar-refractivity contribution in [3.63, 3.8) is 0 Å². The molecule has 23 heavy (non-hydrogen) atoms. The highest BCUT2D eigenvalue weighted by Crippen LogP contribution is 2.47. The number of carbonyl (C=O) groups is 1. The Morgan fingerprint density at radius 1 is 1.22 bits per heavy atom. The van der Waals surface area contributed by atoms with Crippen molar-refractivity contribution < 1.29 is 14.3 Å². The largest absolute Gasteiger partial charge is 0.496 e. The molecule has 3 nitrogen and oxygen atoms in total. The summed E-state index contributed by atoms with van der Waals surface area (Å²) < 4.78 is 11.0. The van der Waals surface area contributed by atoms with Crippen molar-refractivity contribution in [1.82, 2.24) is 0 Å². The van der Waals surface area contributed by atoms with Crippen LogP contribution in [0.3, 0.4) is 0 Å². The molecule has 0 heterocycles. The highest BCUT2D eigenvalue weighted by Gasteiger charge is 2.44. The summed E-state index contributed by atoms with van der Waals surface area (Å²) in [6.45, 7) is 10.8. The zero-order valence-corrected chi connectivity index (χ0v) is 15.5. The first-order chi connectivity index (χ1) is 10.9. The molecule has 0 saturated carbocycles. The number of para-hydroxylation sites is 1. The molecule has 1 aromatic carbocycles. The normalized spacial score (nSPS) is 15.1. The molecule has 3 heteroatoms. The minimum absolute atomic E-state index is 0.0881. The minimum atomic E-state index is -0.547. The van der Waals surface area contributed by atoms with E-state index in [4.69, 9.17) is 9.47 Å². The SMILES string of the molecule is CCCC(c1ccccc1OC)C(C)(CC(C)C)C(=O)OCC. The number of carbonyl (C=O) groups excluding carboxylic acids is 1. The third kappa shape index (κ3) is 4.73. The third-order valence-corrected chi connectivity index (χ3v) is 4.43. The van der Waals surface area contributed by atoms with E-state index in [2.05, 4.69) is 33.8 Å². The van der Waals surface area contributed by atoms with E-state index in [0.29, 0.717) is 12.5 Å². The average molecular weight is 320 g/mol. The minimum Gasteiger partial charge on any atom is -0.496 e. The summed E-state index contributed by atoms with van der Waals surface area (Å²) >= 11 is 0. The van der Waals surface area contributed by atoms with Gasteiger partial charge in [0.1, 0.15) is 5.75 Å². The van der Waals surface area contributed by atoms with E-state index in [1.807, 2.05) is 25.1 Å². The number of ether oxygens (including phenoxy) is 2. The third-order valence-electron chi connectivity index (χ3n) is 4.43. The average Bonchev–Trinajstić information content (AvgIpc) is 2.52. The first kappa shape index (κ1) is 19.5. The fourth-order valence-corrected chi connectivity index (χ4v) is 3.57.